The van der Waals surface area contributed by atoms with Crippen LogP contribution in [0, 0.1) is 0 Å². The maximum atomic E-state index is 11.8. The molecule has 0 saturated carbocycles. The number of H-pyrrole nitrogens is 1. The Morgan fingerprint density at radius 2 is 1.81 bits per heavy atom. The number of benzene rings is 1. The number of primary sulfonamides is 1. The highest BCUT2D eigenvalue weighted by molar-refractivity contribution is 7.89. The second-order valence-electron chi connectivity index (χ2n) is 4.34. The summed E-state index contributed by atoms with van der Waals surface area (Å²) < 4.78 is 22.7. The molecular weight excluding hydrogens is 298 g/mol. The monoisotopic (exact) mass is 311 g/mol. The van der Waals surface area contributed by atoms with Gasteiger partial charge in [0.25, 0.3) is 5.56 Å². The predicted octanol–water partition coefficient (Wildman–Crippen LogP) is -0.802. The van der Waals surface area contributed by atoms with E-state index in [-0.39, 0.29) is 12.1 Å². The van der Waals surface area contributed by atoms with Gasteiger partial charge < -0.3 is 5.11 Å². The van der Waals surface area contributed by atoms with Gasteiger partial charge in [0.05, 0.1) is 5.75 Å². The molecule has 0 saturated heterocycles. The van der Waals surface area contributed by atoms with E-state index in [1.807, 2.05) is 4.98 Å². The number of aromatic hydroxyl groups is 1. The fraction of sp³-hybridized carbons (Fsp3) is 0.167. The summed E-state index contributed by atoms with van der Waals surface area (Å²) in [4.78, 5) is 25.6. The van der Waals surface area contributed by atoms with Gasteiger partial charge in [-0.15, -0.1) is 0 Å². The summed E-state index contributed by atoms with van der Waals surface area (Å²) in [6, 6.07) is 8.21. The predicted molar refractivity (Wildman–Crippen MR) is 76.4 cm³/mol. The van der Waals surface area contributed by atoms with Crippen LogP contribution in [0.15, 0.2) is 39.9 Å². The average molecular weight is 311 g/mol. The summed E-state index contributed by atoms with van der Waals surface area (Å²) >= 11 is 0. The molecule has 8 nitrogen and oxygen atoms in total. The Morgan fingerprint density at radius 1 is 1.19 bits per heavy atom. The normalized spacial score (nSPS) is 11.5. The molecule has 1 heterocycles. The quantitative estimate of drug-likeness (QED) is 0.679. The van der Waals surface area contributed by atoms with Crippen molar-refractivity contribution < 1.29 is 13.5 Å². The number of sulfonamides is 1. The number of nitrogens with zero attached hydrogens (tertiary/aromatic N) is 1. The van der Waals surface area contributed by atoms with Crippen LogP contribution < -0.4 is 16.4 Å². The van der Waals surface area contributed by atoms with E-state index in [4.69, 9.17) is 5.14 Å². The number of rotatable bonds is 4. The third-order valence-electron chi connectivity index (χ3n) is 2.83. The number of nitrogens with one attached hydrogen (secondary N) is 1. The molecule has 0 radical (unpaired) electrons. The van der Waals surface area contributed by atoms with Crippen molar-refractivity contribution in [3.63, 3.8) is 0 Å². The van der Waals surface area contributed by atoms with Crippen LogP contribution in [0.3, 0.4) is 0 Å². The minimum atomic E-state index is -3.81. The highest BCUT2D eigenvalue weighted by Crippen LogP contribution is 2.23. The SMILES string of the molecule is NS(=O)(=O)CCn1c(O)c(-c2ccccc2)c(=O)[nH]c1=O. The first-order valence-corrected chi connectivity index (χ1v) is 7.63. The summed E-state index contributed by atoms with van der Waals surface area (Å²) in [5.74, 6) is -1.14. The van der Waals surface area contributed by atoms with Crippen LogP contribution in [0.25, 0.3) is 11.1 Å². The fourth-order valence-electron chi connectivity index (χ4n) is 1.85. The minimum Gasteiger partial charge on any atom is -0.494 e. The second kappa shape index (κ2) is 5.54. The largest absolute Gasteiger partial charge is 0.494 e. The Hall–Kier alpha value is -2.39. The van der Waals surface area contributed by atoms with E-state index >= 15 is 0 Å². The number of aromatic amines is 1. The van der Waals surface area contributed by atoms with E-state index in [1.54, 1.807) is 30.3 Å². The zero-order valence-corrected chi connectivity index (χ0v) is 11.6. The molecule has 4 N–H and O–H groups in total. The fourth-order valence-corrected chi connectivity index (χ4v) is 2.29. The van der Waals surface area contributed by atoms with Gasteiger partial charge >= 0.3 is 5.69 Å². The number of hydrogen-bond acceptors (Lipinski definition) is 5. The van der Waals surface area contributed by atoms with E-state index in [9.17, 15) is 23.1 Å². The van der Waals surface area contributed by atoms with Crippen molar-refractivity contribution >= 4 is 10.0 Å². The lowest BCUT2D eigenvalue weighted by Crippen LogP contribution is -2.33. The topological polar surface area (TPSA) is 135 Å². The van der Waals surface area contributed by atoms with Crippen LogP contribution in [0.1, 0.15) is 0 Å². The summed E-state index contributed by atoms with van der Waals surface area (Å²) in [5, 5.41) is 15.0. The molecule has 0 atom stereocenters. The Labute approximate surface area is 119 Å². The molecule has 0 unspecified atom stereocenters. The van der Waals surface area contributed by atoms with Crippen LogP contribution in [-0.2, 0) is 16.6 Å². The first-order chi connectivity index (χ1) is 9.79. The van der Waals surface area contributed by atoms with E-state index in [2.05, 4.69) is 0 Å². The van der Waals surface area contributed by atoms with Crippen molar-refractivity contribution in [2.45, 2.75) is 6.54 Å². The molecule has 0 fully saturated rings. The van der Waals surface area contributed by atoms with Crippen LogP contribution in [0.5, 0.6) is 5.88 Å². The minimum absolute atomic E-state index is 0.107. The Morgan fingerprint density at radius 3 is 2.38 bits per heavy atom. The van der Waals surface area contributed by atoms with Crippen molar-refractivity contribution in [3.05, 3.63) is 51.2 Å². The zero-order valence-electron chi connectivity index (χ0n) is 10.8. The summed E-state index contributed by atoms with van der Waals surface area (Å²) in [6.07, 6.45) is 0. The van der Waals surface area contributed by atoms with Crippen molar-refractivity contribution in [2.24, 2.45) is 5.14 Å². The molecule has 0 aliphatic carbocycles. The maximum absolute atomic E-state index is 11.8. The molecule has 0 amide bonds. The van der Waals surface area contributed by atoms with Gasteiger partial charge in [0.1, 0.15) is 5.56 Å². The summed E-state index contributed by atoms with van der Waals surface area (Å²) in [7, 11) is -3.81. The molecule has 2 aromatic rings. The molecule has 2 rings (SSSR count). The number of nitrogens with two attached hydrogens (primary N) is 1. The zero-order chi connectivity index (χ0) is 15.6. The average Bonchev–Trinajstić information content (AvgIpc) is 2.37. The first-order valence-electron chi connectivity index (χ1n) is 5.91. The van der Waals surface area contributed by atoms with Crippen LogP contribution in [0.2, 0.25) is 0 Å². The standard InChI is InChI=1S/C12H13N3O5S/c13-21(19,20)7-6-15-11(17)9(10(16)14-12(15)18)8-4-2-1-3-5-8/h1-5,17H,6-7H2,(H2,13,19,20)(H,14,16,18). The van der Waals surface area contributed by atoms with Crippen LogP contribution >= 0.6 is 0 Å². The lowest BCUT2D eigenvalue weighted by molar-refractivity contribution is 0.408. The highest BCUT2D eigenvalue weighted by atomic mass is 32.2. The Kier molecular flexibility index (Phi) is 3.96. The highest BCUT2D eigenvalue weighted by Gasteiger charge is 2.16. The van der Waals surface area contributed by atoms with Gasteiger partial charge in [-0.25, -0.2) is 18.4 Å². The van der Waals surface area contributed by atoms with Crippen molar-refractivity contribution in [1.82, 2.24) is 9.55 Å². The molecule has 0 aliphatic rings. The van der Waals surface area contributed by atoms with Gasteiger partial charge in [0, 0.05) is 6.54 Å². The number of aromatic nitrogens is 2. The van der Waals surface area contributed by atoms with Gasteiger partial charge in [-0.05, 0) is 5.56 Å². The molecular formula is C12H13N3O5S. The summed E-state index contributed by atoms with van der Waals surface area (Å²) in [6.45, 7) is -0.361. The first kappa shape index (κ1) is 15.0. The molecule has 0 aliphatic heterocycles. The summed E-state index contributed by atoms with van der Waals surface area (Å²) in [5.41, 5.74) is -1.36. The molecule has 9 heteroatoms. The molecule has 112 valence electrons. The van der Waals surface area contributed by atoms with Gasteiger partial charge in [-0.1, -0.05) is 30.3 Å². The van der Waals surface area contributed by atoms with Crippen molar-refractivity contribution in [3.8, 4) is 17.0 Å². The van der Waals surface area contributed by atoms with E-state index < -0.39 is 32.9 Å². The lowest BCUT2D eigenvalue weighted by Gasteiger charge is -2.10. The van der Waals surface area contributed by atoms with E-state index in [0.29, 0.717) is 5.56 Å². The molecule has 0 bridgehead atoms. The van der Waals surface area contributed by atoms with Crippen molar-refractivity contribution in [1.29, 1.82) is 0 Å². The van der Waals surface area contributed by atoms with Gasteiger partial charge in [0.2, 0.25) is 15.9 Å². The van der Waals surface area contributed by atoms with E-state index in [0.717, 1.165) is 4.57 Å². The molecule has 0 spiro atoms. The molecule has 1 aromatic heterocycles. The Bertz CT molecular complexity index is 868. The third kappa shape index (κ3) is 3.38. The molecule has 21 heavy (non-hydrogen) atoms. The maximum Gasteiger partial charge on any atom is 0.331 e. The van der Waals surface area contributed by atoms with Gasteiger partial charge in [-0.2, -0.15) is 0 Å². The molecule has 1 aromatic carbocycles. The Balaban J connectivity index is 2.59. The second-order valence-corrected chi connectivity index (χ2v) is 6.08. The van der Waals surface area contributed by atoms with Crippen LogP contribution in [-0.4, -0.2) is 28.8 Å². The van der Waals surface area contributed by atoms with E-state index in [1.165, 1.54) is 0 Å². The number of hydrogen-bond donors (Lipinski definition) is 3. The van der Waals surface area contributed by atoms with Crippen LogP contribution in [0.4, 0.5) is 0 Å². The smallest absolute Gasteiger partial charge is 0.331 e. The lowest BCUT2D eigenvalue weighted by atomic mass is 10.1. The third-order valence-corrected chi connectivity index (χ3v) is 3.59. The van der Waals surface area contributed by atoms with Gasteiger partial charge in [0.15, 0.2) is 0 Å². The van der Waals surface area contributed by atoms with Gasteiger partial charge in [-0.3, -0.25) is 14.3 Å². The van der Waals surface area contributed by atoms with Crippen molar-refractivity contribution in [2.75, 3.05) is 5.75 Å².